The monoisotopic (exact) mass is 514 g/mol. The van der Waals surface area contributed by atoms with Crippen LogP contribution in [0.2, 0.25) is 5.02 Å². The molecule has 186 valence electrons. The predicted molar refractivity (Wildman–Crippen MR) is 141 cm³/mol. The number of amides is 1. The number of aryl methyl sites for hydroxylation is 1. The van der Waals surface area contributed by atoms with Gasteiger partial charge in [0.25, 0.3) is 10.0 Å². The molecule has 0 saturated carbocycles. The number of para-hydroxylation sites is 1. The number of nitrogens with one attached hydrogen (secondary N) is 1. The zero-order valence-electron chi connectivity index (χ0n) is 20.6. The smallest absolute Gasteiger partial charge is 0.264 e. The molecule has 0 aliphatic rings. The molecule has 0 radical (unpaired) electrons. The van der Waals surface area contributed by atoms with Crippen molar-refractivity contribution in [3.8, 4) is 5.75 Å². The van der Waals surface area contributed by atoms with E-state index in [0.29, 0.717) is 10.7 Å². The molecule has 1 atom stereocenters. The van der Waals surface area contributed by atoms with Crippen LogP contribution in [0.5, 0.6) is 5.75 Å². The van der Waals surface area contributed by atoms with Crippen molar-refractivity contribution in [3.63, 3.8) is 0 Å². The first-order valence-corrected chi connectivity index (χ1v) is 13.2. The van der Waals surface area contributed by atoms with Crippen LogP contribution in [0.25, 0.3) is 0 Å². The summed E-state index contributed by atoms with van der Waals surface area (Å²) in [7, 11) is -2.36. The van der Waals surface area contributed by atoms with Gasteiger partial charge < -0.3 is 10.1 Å². The largest absolute Gasteiger partial charge is 0.496 e. The summed E-state index contributed by atoms with van der Waals surface area (Å²) in [5.41, 5.74) is 3.38. The Labute approximate surface area is 212 Å². The Bertz CT molecular complexity index is 1280. The normalized spacial score (nSPS) is 12.3. The van der Waals surface area contributed by atoms with E-state index in [-0.39, 0.29) is 23.4 Å². The number of anilines is 1. The minimum absolute atomic E-state index is 0.0548. The maximum Gasteiger partial charge on any atom is 0.264 e. The fourth-order valence-electron chi connectivity index (χ4n) is 3.95. The number of benzene rings is 3. The predicted octanol–water partition coefficient (Wildman–Crippen LogP) is 5.85. The average Bonchev–Trinajstić information content (AvgIpc) is 2.82. The molecule has 0 bridgehead atoms. The Balaban J connectivity index is 1.89. The lowest BCUT2D eigenvalue weighted by Crippen LogP contribution is -2.41. The third kappa shape index (κ3) is 6.16. The minimum Gasteiger partial charge on any atom is -0.496 e. The highest BCUT2D eigenvalue weighted by Crippen LogP contribution is 2.32. The molecular weight excluding hydrogens is 484 g/mol. The maximum atomic E-state index is 13.5. The van der Waals surface area contributed by atoms with Crippen LogP contribution in [0.1, 0.15) is 49.4 Å². The highest BCUT2D eigenvalue weighted by atomic mass is 35.5. The van der Waals surface area contributed by atoms with Crippen molar-refractivity contribution >= 4 is 33.2 Å². The van der Waals surface area contributed by atoms with Crippen LogP contribution in [0.3, 0.4) is 0 Å². The number of nitrogens with zero attached hydrogens (tertiary/aromatic N) is 1. The Kier molecular flexibility index (Phi) is 8.46. The number of methoxy groups -OCH3 is 1. The first-order chi connectivity index (χ1) is 16.5. The van der Waals surface area contributed by atoms with E-state index in [1.165, 1.54) is 24.3 Å². The van der Waals surface area contributed by atoms with Gasteiger partial charge in [0.05, 0.1) is 23.7 Å². The van der Waals surface area contributed by atoms with Gasteiger partial charge in [0.2, 0.25) is 5.91 Å². The second-order valence-electron chi connectivity index (χ2n) is 8.70. The molecule has 0 aliphatic heterocycles. The molecule has 0 aliphatic carbocycles. The summed E-state index contributed by atoms with van der Waals surface area (Å²) in [4.78, 5) is 13.2. The molecule has 3 aromatic rings. The molecule has 0 saturated heterocycles. The lowest BCUT2D eigenvalue weighted by molar-refractivity contribution is -0.120. The lowest BCUT2D eigenvalue weighted by atomic mass is 9.93. The standard InChI is InChI=1S/C27H31ClN2O4S/c1-18(2)24-16-25(19(3)15-26(24)34-5)20(4)29-27(31)17-30(22-9-7-6-8-10-22)35(32,33)23-13-11-21(28)12-14-23/h6-16,18,20H,17H2,1-5H3,(H,29,31). The van der Waals surface area contributed by atoms with Gasteiger partial charge in [-0.25, -0.2) is 8.42 Å². The van der Waals surface area contributed by atoms with E-state index in [4.69, 9.17) is 16.3 Å². The molecule has 0 heterocycles. The van der Waals surface area contributed by atoms with Crippen molar-refractivity contribution in [3.05, 3.63) is 88.4 Å². The van der Waals surface area contributed by atoms with Gasteiger partial charge in [-0.05, 0) is 85.0 Å². The van der Waals surface area contributed by atoms with Crippen LogP contribution < -0.4 is 14.4 Å². The van der Waals surface area contributed by atoms with E-state index in [1.54, 1.807) is 37.4 Å². The Morgan fingerprint density at radius 3 is 2.20 bits per heavy atom. The molecule has 3 rings (SSSR count). The van der Waals surface area contributed by atoms with Crippen molar-refractivity contribution in [1.82, 2.24) is 5.32 Å². The van der Waals surface area contributed by atoms with Gasteiger partial charge in [0, 0.05) is 5.02 Å². The summed E-state index contributed by atoms with van der Waals surface area (Å²) in [5.74, 6) is 0.634. The highest BCUT2D eigenvalue weighted by Gasteiger charge is 2.28. The van der Waals surface area contributed by atoms with E-state index in [0.717, 1.165) is 26.7 Å². The highest BCUT2D eigenvalue weighted by molar-refractivity contribution is 7.92. The first kappa shape index (κ1) is 26.6. The molecule has 3 aromatic carbocycles. The number of hydrogen-bond donors (Lipinski definition) is 1. The summed E-state index contributed by atoms with van der Waals surface area (Å²) >= 11 is 5.94. The summed E-state index contributed by atoms with van der Waals surface area (Å²) < 4.78 is 33.6. The molecule has 1 unspecified atom stereocenters. The number of sulfonamides is 1. The van der Waals surface area contributed by atoms with Crippen molar-refractivity contribution in [2.75, 3.05) is 18.0 Å². The second-order valence-corrected chi connectivity index (χ2v) is 11.0. The van der Waals surface area contributed by atoms with Gasteiger partial charge in [0.15, 0.2) is 0 Å². The Hall–Kier alpha value is -3.03. The third-order valence-corrected chi connectivity index (χ3v) is 7.86. The molecular formula is C27H31ClN2O4S. The Morgan fingerprint density at radius 1 is 1.00 bits per heavy atom. The van der Waals surface area contributed by atoms with E-state index >= 15 is 0 Å². The van der Waals surface area contributed by atoms with Crippen LogP contribution in [0.4, 0.5) is 5.69 Å². The van der Waals surface area contributed by atoms with E-state index < -0.39 is 15.9 Å². The molecule has 0 aromatic heterocycles. The van der Waals surface area contributed by atoms with Crippen molar-refractivity contribution in [2.45, 2.75) is 44.6 Å². The molecule has 0 spiro atoms. The van der Waals surface area contributed by atoms with Crippen LogP contribution in [-0.2, 0) is 14.8 Å². The SMILES string of the molecule is COc1cc(C)c(C(C)NC(=O)CN(c2ccccc2)S(=O)(=O)c2ccc(Cl)cc2)cc1C(C)C. The fourth-order valence-corrected chi connectivity index (χ4v) is 5.50. The minimum atomic E-state index is -4.00. The molecule has 0 fully saturated rings. The average molecular weight is 515 g/mol. The number of halogens is 1. The van der Waals surface area contributed by atoms with Gasteiger partial charge in [-0.3, -0.25) is 9.10 Å². The van der Waals surface area contributed by atoms with Crippen LogP contribution in [0, 0.1) is 6.92 Å². The quantitative estimate of drug-likeness (QED) is 0.388. The number of carbonyl (C=O) groups is 1. The van der Waals surface area contributed by atoms with Crippen molar-refractivity contribution in [1.29, 1.82) is 0 Å². The summed E-state index contributed by atoms with van der Waals surface area (Å²) in [5, 5.41) is 3.39. The van der Waals surface area contributed by atoms with Crippen LogP contribution in [0.15, 0.2) is 71.6 Å². The summed E-state index contributed by atoms with van der Waals surface area (Å²) in [6.07, 6.45) is 0. The molecule has 8 heteroatoms. The molecule has 1 N–H and O–H groups in total. The molecule has 35 heavy (non-hydrogen) atoms. The number of carbonyl (C=O) groups excluding carboxylic acids is 1. The van der Waals surface area contributed by atoms with Crippen molar-refractivity contribution in [2.24, 2.45) is 0 Å². The first-order valence-electron chi connectivity index (χ1n) is 11.4. The van der Waals surface area contributed by atoms with Gasteiger partial charge in [-0.15, -0.1) is 0 Å². The summed E-state index contributed by atoms with van der Waals surface area (Å²) in [6, 6.07) is 18.1. The van der Waals surface area contributed by atoms with E-state index in [1.807, 2.05) is 26.0 Å². The lowest BCUT2D eigenvalue weighted by Gasteiger charge is -2.26. The molecule has 1 amide bonds. The second kappa shape index (κ2) is 11.1. The van der Waals surface area contributed by atoms with Gasteiger partial charge >= 0.3 is 0 Å². The zero-order valence-corrected chi connectivity index (χ0v) is 22.2. The summed E-state index contributed by atoms with van der Waals surface area (Å²) in [6.45, 7) is 7.65. The maximum absolute atomic E-state index is 13.5. The van der Waals surface area contributed by atoms with Gasteiger partial charge in [-0.1, -0.05) is 43.6 Å². The number of hydrogen-bond acceptors (Lipinski definition) is 4. The van der Waals surface area contributed by atoms with E-state index in [2.05, 4.69) is 19.2 Å². The van der Waals surface area contributed by atoms with Crippen LogP contribution in [-0.4, -0.2) is 28.0 Å². The van der Waals surface area contributed by atoms with Crippen molar-refractivity contribution < 1.29 is 17.9 Å². The van der Waals surface area contributed by atoms with Crippen LogP contribution >= 0.6 is 11.6 Å². The number of rotatable bonds is 9. The molecule has 6 nitrogen and oxygen atoms in total. The van der Waals surface area contributed by atoms with Gasteiger partial charge in [0.1, 0.15) is 12.3 Å². The fraction of sp³-hybridized carbons (Fsp3) is 0.296. The van der Waals surface area contributed by atoms with E-state index in [9.17, 15) is 13.2 Å². The topological polar surface area (TPSA) is 75.7 Å². The third-order valence-electron chi connectivity index (χ3n) is 5.82. The Morgan fingerprint density at radius 2 is 1.63 bits per heavy atom. The number of ether oxygens (including phenoxy) is 1. The zero-order chi connectivity index (χ0) is 25.8. The van der Waals surface area contributed by atoms with Gasteiger partial charge in [-0.2, -0.15) is 0 Å².